The molecule has 1 aliphatic rings. The molecule has 1 amide bonds. The molecule has 0 aliphatic carbocycles. The van der Waals surface area contributed by atoms with Crippen LogP contribution in [0, 0.1) is 0 Å². The molecule has 0 radical (unpaired) electrons. The topological polar surface area (TPSA) is 55.8 Å². The van der Waals surface area contributed by atoms with Crippen LogP contribution in [0.1, 0.15) is 23.2 Å². The van der Waals surface area contributed by atoms with Gasteiger partial charge in [0.15, 0.2) is 0 Å². The molecule has 0 aromatic heterocycles. The van der Waals surface area contributed by atoms with Crippen molar-refractivity contribution < 1.29 is 19.1 Å². The summed E-state index contributed by atoms with van der Waals surface area (Å²) in [6, 6.07) is 12.1. The highest BCUT2D eigenvalue weighted by atomic mass is 79.9. The summed E-state index contributed by atoms with van der Waals surface area (Å²) in [5.41, 5.74) is 1.12. The van der Waals surface area contributed by atoms with Crippen LogP contribution in [0.4, 0.5) is 5.69 Å². The molecular formula is C18H16BrNO4. The lowest BCUT2D eigenvalue weighted by molar-refractivity contribution is -0.117. The SMILES string of the molecule is COc1ccc(Br)c(C(=O)Oc2cccc(N3CCCC3=O)c2)c1. The molecule has 1 heterocycles. The predicted octanol–water partition coefficient (Wildman–Crippen LogP) is 3.80. The first-order chi connectivity index (χ1) is 11.6. The Hall–Kier alpha value is -2.34. The smallest absolute Gasteiger partial charge is 0.344 e. The average molecular weight is 390 g/mol. The van der Waals surface area contributed by atoms with Gasteiger partial charge in [-0.3, -0.25) is 4.79 Å². The quantitative estimate of drug-likeness (QED) is 0.589. The Kier molecular flexibility index (Phi) is 4.85. The van der Waals surface area contributed by atoms with E-state index in [1.165, 1.54) is 7.11 Å². The lowest BCUT2D eigenvalue weighted by atomic mass is 10.2. The van der Waals surface area contributed by atoms with Gasteiger partial charge in [-0.15, -0.1) is 0 Å². The number of nitrogens with zero attached hydrogens (tertiary/aromatic N) is 1. The van der Waals surface area contributed by atoms with E-state index in [-0.39, 0.29) is 5.91 Å². The van der Waals surface area contributed by atoms with E-state index in [9.17, 15) is 9.59 Å². The fourth-order valence-electron chi connectivity index (χ4n) is 2.59. The van der Waals surface area contributed by atoms with Gasteiger partial charge in [0.1, 0.15) is 11.5 Å². The molecule has 0 N–H and O–H groups in total. The minimum absolute atomic E-state index is 0.0917. The van der Waals surface area contributed by atoms with E-state index in [1.54, 1.807) is 41.3 Å². The van der Waals surface area contributed by atoms with E-state index in [2.05, 4.69) is 15.9 Å². The van der Waals surface area contributed by atoms with Crippen LogP contribution in [-0.4, -0.2) is 25.5 Å². The maximum atomic E-state index is 12.4. The van der Waals surface area contributed by atoms with Gasteiger partial charge in [0.25, 0.3) is 0 Å². The Bertz CT molecular complexity index is 790. The fraction of sp³-hybridized carbons (Fsp3) is 0.222. The van der Waals surface area contributed by atoms with E-state index >= 15 is 0 Å². The highest BCUT2D eigenvalue weighted by Gasteiger charge is 2.22. The number of halogens is 1. The number of amides is 1. The van der Waals surface area contributed by atoms with Gasteiger partial charge in [0, 0.05) is 29.2 Å². The van der Waals surface area contributed by atoms with Gasteiger partial charge in [-0.25, -0.2) is 4.79 Å². The number of benzene rings is 2. The molecule has 3 rings (SSSR count). The van der Waals surface area contributed by atoms with Gasteiger partial charge in [-0.2, -0.15) is 0 Å². The van der Waals surface area contributed by atoms with Crippen LogP contribution in [0.3, 0.4) is 0 Å². The Morgan fingerprint density at radius 2 is 2.00 bits per heavy atom. The molecule has 124 valence electrons. The van der Waals surface area contributed by atoms with Crippen molar-refractivity contribution in [1.29, 1.82) is 0 Å². The molecule has 0 atom stereocenters. The first kappa shape index (κ1) is 16.5. The molecule has 2 aromatic rings. The molecule has 0 bridgehead atoms. The minimum atomic E-state index is -0.495. The third kappa shape index (κ3) is 3.43. The van der Waals surface area contributed by atoms with Crippen LogP contribution >= 0.6 is 15.9 Å². The van der Waals surface area contributed by atoms with Gasteiger partial charge in [-0.1, -0.05) is 6.07 Å². The normalized spacial score (nSPS) is 13.9. The predicted molar refractivity (Wildman–Crippen MR) is 93.7 cm³/mol. The third-order valence-corrected chi connectivity index (χ3v) is 4.50. The average Bonchev–Trinajstić information content (AvgIpc) is 3.01. The summed E-state index contributed by atoms with van der Waals surface area (Å²) < 4.78 is 11.2. The molecular weight excluding hydrogens is 374 g/mol. The van der Waals surface area contributed by atoms with Gasteiger partial charge in [0.2, 0.25) is 5.91 Å². The van der Waals surface area contributed by atoms with Crippen LogP contribution in [0.5, 0.6) is 11.5 Å². The second kappa shape index (κ2) is 7.05. The molecule has 5 nitrogen and oxygen atoms in total. The van der Waals surface area contributed by atoms with E-state index in [0.717, 1.165) is 12.1 Å². The van der Waals surface area contributed by atoms with Crippen molar-refractivity contribution in [1.82, 2.24) is 0 Å². The number of carbonyl (C=O) groups excluding carboxylic acids is 2. The van der Waals surface area contributed by atoms with E-state index in [0.29, 0.717) is 34.5 Å². The lowest BCUT2D eigenvalue weighted by Gasteiger charge is -2.16. The fourth-order valence-corrected chi connectivity index (χ4v) is 2.99. The van der Waals surface area contributed by atoms with Crippen molar-refractivity contribution in [3.05, 3.63) is 52.5 Å². The maximum absolute atomic E-state index is 12.4. The summed E-state index contributed by atoms with van der Waals surface area (Å²) >= 11 is 3.34. The molecule has 1 fully saturated rings. The molecule has 2 aromatic carbocycles. The zero-order valence-electron chi connectivity index (χ0n) is 13.1. The van der Waals surface area contributed by atoms with Crippen molar-refractivity contribution in [3.63, 3.8) is 0 Å². The largest absolute Gasteiger partial charge is 0.497 e. The van der Waals surface area contributed by atoms with Crippen LogP contribution in [0.25, 0.3) is 0 Å². The van der Waals surface area contributed by atoms with E-state index in [4.69, 9.17) is 9.47 Å². The number of ether oxygens (including phenoxy) is 2. The minimum Gasteiger partial charge on any atom is -0.497 e. The van der Waals surface area contributed by atoms with Gasteiger partial charge < -0.3 is 14.4 Å². The van der Waals surface area contributed by atoms with Crippen molar-refractivity contribution in [2.45, 2.75) is 12.8 Å². The van der Waals surface area contributed by atoms with Crippen LogP contribution in [-0.2, 0) is 4.79 Å². The van der Waals surface area contributed by atoms with Crippen molar-refractivity contribution in [3.8, 4) is 11.5 Å². The van der Waals surface area contributed by atoms with Crippen LogP contribution in [0.2, 0.25) is 0 Å². The Morgan fingerprint density at radius 3 is 2.71 bits per heavy atom. The first-order valence-electron chi connectivity index (χ1n) is 7.54. The van der Waals surface area contributed by atoms with E-state index in [1.807, 2.05) is 6.07 Å². The standard InChI is InChI=1S/C18H16BrNO4/c1-23-13-7-8-16(19)15(11-13)18(22)24-14-5-2-4-12(10-14)20-9-3-6-17(20)21/h2,4-5,7-8,10-11H,3,6,9H2,1H3. The van der Waals surface area contributed by atoms with Crippen molar-refractivity contribution in [2.24, 2.45) is 0 Å². The number of rotatable bonds is 4. The molecule has 6 heteroatoms. The summed E-state index contributed by atoms with van der Waals surface area (Å²) in [5.74, 6) is 0.563. The highest BCUT2D eigenvalue weighted by Crippen LogP contribution is 2.27. The van der Waals surface area contributed by atoms with Crippen molar-refractivity contribution >= 4 is 33.5 Å². The number of esters is 1. The first-order valence-corrected chi connectivity index (χ1v) is 8.34. The third-order valence-electron chi connectivity index (χ3n) is 3.81. The molecule has 24 heavy (non-hydrogen) atoms. The summed E-state index contributed by atoms with van der Waals surface area (Å²) in [4.78, 5) is 26.0. The number of carbonyl (C=O) groups is 2. The van der Waals surface area contributed by atoms with Gasteiger partial charge in [0.05, 0.1) is 12.7 Å². The zero-order valence-corrected chi connectivity index (χ0v) is 14.7. The van der Waals surface area contributed by atoms with Crippen LogP contribution < -0.4 is 14.4 Å². The zero-order chi connectivity index (χ0) is 17.1. The van der Waals surface area contributed by atoms with Crippen molar-refractivity contribution in [2.75, 3.05) is 18.6 Å². The molecule has 0 saturated carbocycles. The van der Waals surface area contributed by atoms with Gasteiger partial charge in [-0.05, 0) is 52.7 Å². The van der Waals surface area contributed by atoms with Crippen LogP contribution in [0.15, 0.2) is 46.9 Å². The van der Waals surface area contributed by atoms with Gasteiger partial charge >= 0.3 is 5.97 Å². The second-order valence-corrected chi connectivity index (χ2v) is 6.24. The van der Waals surface area contributed by atoms with E-state index < -0.39 is 5.97 Å². The number of hydrogen-bond donors (Lipinski definition) is 0. The lowest BCUT2D eigenvalue weighted by Crippen LogP contribution is -2.23. The maximum Gasteiger partial charge on any atom is 0.344 e. The number of anilines is 1. The highest BCUT2D eigenvalue weighted by molar-refractivity contribution is 9.10. The monoisotopic (exact) mass is 389 g/mol. The summed E-state index contributed by atoms with van der Waals surface area (Å²) in [7, 11) is 1.54. The summed E-state index contributed by atoms with van der Waals surface area (Å²) in [5, 5.41) is 0. The molecule has 0 unspecified atom stereocenters. The molecule has 1 aliphatic heterocycles. The number of methoxy groups -OCH3 is 1. The molecule has 1 saturated heterocycles. The molecule has 0 spiro atoms. The summed E-state index contributed by atoms with van der Waals surface area (Å²) in [6.07, 6.45) is 1.40. The summed E-state index contributed by atoms with van der Waals surface area (Å²) in [6.45, 7) is 0.692. The Balaban J connectivity index is 1.81. The number of hydrogen-bond acceptors (Lipinski definition) is 4. The second-order valence-electron chi connectivity index (χ2n) is 5.38. The Labute approximate surface area is 148 Å². The Morgan fingerprint density at radius 1 is 1.17 bits per heavy atom.